The fourth-order valence-electron chi connectivity index (χ4n) is 6.74. The van der Waals surface area contributed by atoms with E-state index < -0.39 is 6.04 Å². The Morgan fingerprint density at radius 2 is 1.30 bits per heavy atom. The molecule has 0 aliphatic carbocycles. The molecule has 4 heterocycles. The third-order valence-electron chi connectivity index (χ3n) is 9.70. The Balaban J connectivity index is 0.000000224. The maximum Gasteiger partial charge on any atom is 0.155 e. The first-order valence-electron chi connectivity index (χ1n) is 22.9. The van der Waals surface area contributed by atoms with E-state index in [1.165, 1.54) is 46.7 Å². The number of fused-ring (bicyclic) bond motifs is 2. The molecule has 0 spiro atoms. The minimum absolute atomic E-state index is 0. The van der Waals surface area contributed by atoms with Crippen molar-refractivity contribution in [2.45, 2.75) is 27.7 Å². The standard InChI is InChI=1S/C22H16N.C18H14N.C13H8NS.C5H8O2.3Ir/c1-16-14-22(23-15-21(16)18-8-3-2-4-9-18)20-13-7-11-17-10-5-6-12-19(17)20;1-14-13-16(18-9-5-6-12-19-18)10-11-17(14)15-7-3-2-4-8-15;1-2-7-12-10(5-1)9-13(15-12)11-6-3-4-8-14-11;1-4(6)3-5(2)7;;;/h2-12,14-15H,1H3;2-9,11-13H,1H3;1-8H;3,6H,1-2H3;;;/q3*-1;;;;/i2D,3D,4D,8D,9D;;;;;;. The molecule has 5 nitrogen and oxygen atoms in total. The number of rotatable bonds is 6. The first kappa shape index (κ1) is 46.3. The maximum absolute atomic E-state index is 10.0. The Labute approximate surface area is 445 Å². The summed E-state index contributed by atoms with van der Waals surface area (Å²) in [5.41, 5.74) is 9.77. The summed E-state index contributed by atoms with van der Waals surface area (Å²) >= 11 is 1.73. The van der Waals surface area contributed by atoms with Crippen molar-refractivity contribution in [1.82, 2.24) is 15.0 Å². The normalized spacial score (nSPS) is 11.3. The van der Waals surface area contributed by atoms with Gasteiger partial charge in [-0.05, 0) is 65.0 Å². The first-order valence-corrected chi connectivity index (χ1v) is 21.2. The van der Waals surface area contributed by atoms with Crippen molar-refractivity contribution in [1.29, 1.82) is 0 Å². The van der Waals surface area contributed by atoms with Gasteiger partial charge in [-0.25, -0.2) is 11.3 Å². The van der Waals surface area contributed by atoms with Crippen LogP contribution in [0.1, 0.15) is 31.8 Å². The number of carbonyl (C=O) groups excluding carboxylic acids is 1. The molecule has 3 radical (unpaired) electrons. The van der Waals surface area contributed by atoms with Crippen molar-refractivity contribution in [2.75, 3.05) is 0 Å². The summed E-state index contributed by atoms with van der Waals surface area (Å²) in [4.78, 5) is 24.3. The van der Waals surface area contributed by atoms with Crippen LogP contribution >= 0.6 is 11.3 Å². The molecule has 0 saturated carbocycles. The molecule has 0 unspecified atom stereocenters. The summed E-state index contributed by atoms with van der Waals surface area (Å²) < 4.78 is 41.2. The molecule has 10 aromatic rings. The van der Waals surface area contributed by atoms with Crippen LogP contribution in [0, 0.1) is 32.0 Å². The molecule has 0 aliphatic heterocycles. The van der Waals surface area contributed by atoms with Crippen molar-refractivity contribution < 1.29 is 77.1 Å². The third-order valence-corrected chi connectivity index (χ3v) is 10.8. The van der Waals surface area contributed by atoms with Gasteiger partial charge in [0, 0.05) is 96.2 Å². The smallest absolute Gasteiger partial charge is 0.155 e. The van der Waals surface area contributed by atoms with Gasteiger partial charge in [-0.15, -0.1) is 82.1 Å². The van der Waals surface area contributed by atoms with E-state index in [0.717, 1.165) is 49.4 Å². The molecule has 341 valence electrons. The number of aromatic nitrogens is 3. The van der Waals surface area contributed by atoms with Crippen LogP contribution in [-0.2, 0) is 65.1 Å². The van der Waals surface area contributed by atoms with E-state index in [-0.39, 0.29) is 102 Å². The maximum atomic E-state index is 10.0. The van der Waals surface area contributed by atoms with Gasteiger partial charge in [0.25, 0.3) is 0 Å². The quantitative estimate of drug-likeness (QED) is 0.102. The molecule has 6 aromatic carbocycles. The van der Waals surface area contributed by atoms with E-state index in [0.29, 0.717) is 5.56 Å². The summed E-state index contributed by atoms with van der Waals surface area (Å²) in [6, 6.07) is 56.9. The average Bonchev–Trinajstić information content (AvgIpc) is 3.81. The van der Waals surface area contributed by atoms with Crippen LogP contribution in [0.25, 0.3) is 76.2 Å². The van der Waals surface area contributed by atoms with E-state index in [1.54, 1.807) is 17.5 Å². The molecule has 0 atom stereocenters. The number of ketones is 1. The van der Waals surface area contributed by atoms with Crippen LogP contribution in [0.3, 0.4) is 0 Å². The predicted octanol–water partition coefficient (Wildman–Crippen LogP) is 15.0. The minimum atomic E-state index is -0.397. The van der Waals surface area contributed by atoms with Gasteiger partial charge >= 0.3 is 0 Å². The van der Waals surface area contributed by atoms with E-state index in [2.05, 4.69) is 94.7 Å². The molecule has 9 heteroatoms. The van der Waals surface area contributed by atoms with E-state index in [1.807, 2.05) is 110 Å². The number of hydrogen-bond donors (Lipinski definition) is 1. The molecular formula is C58H46Ir3N3O2S-3. The molecule has 4 aromatic heterocycles. The Morgan fingerprint density at radius 3 is 1.93 bits per heavy atom. The van der Waals surface area contributed by atoms with Crippen LogP contribution in [-0.4, -0.2) is 25.8 Å². The number of aliphatic hydroxyl groups excluding tert-OH is 1. The van der Waals surface area contributed by atoms with Crippen molar-refractivity contribution >= 4 is 38.0 Å². The van der Waals surface area contributed by atoms with Gasteiger partial charge < -0.3 is 20.1 Å². The SMILES string of the molecule is CC(=O)C=C(C)O.Cc1cc(-c2ccccn2)[c-]cc1-c1ccccc1.[2H]c1c([2H])c([2H])c(-c2cnc(-c3[c-]ccc4ccccc34)cc2C)c([2H])c1[2H].[Ir].[Ir].[Ir].[c-]1c(-c2ccccn2)sc2ccccc12. The van der Waals surface area contributed by atoms with Crippen molar-refractivity contribution in [3.8, 4) is 55.3 Å². The van der Waals surface area contributed by atoms with Gasteiger partial charge in [-0.3, -0.25) is 4.79 Å². The fourth-order valence-corrected chi connectivity index (χ4v) is 7.72. The fraction of sp³-hybridized carbons (Fsp3) is 0.0690. The van der Waals surface area contributed by atoms with Crippen LogP contribution in [0.5, 0.6) is 0 Å². The van der Waals surface area contributed by atoms with E-state index in [4.69, 9.17) is 12.0 Å². The van der Waals surface area contributed by atoms with Crippen LogP contribution in [0.2, 0.25) is 0 Å². The summed E-state index contributed by atoms with van der Waals surface area (Å²) in [6.07, 6.45) is 6.37. The summed E-state index contributed by atoms with van der Waals surface area (Å²) in [5.74, 6) is -0.0625. The number of aliphatic hydroxyl groups is 1. The van der Waals surface area contributed by atoms with Gasteiger partial charge in [-0.1, -0.05) is 151 Å². The second kappa shape index (κ2) is 27.1. The zero-order chi connectivity index (χ0) is 49.0. The molecule has 0 bridgehead atoms. The van der Waals surface area contributed by atoms with Crippen molar-refractivity contribution in [3.05, 3.63) is 236 Å². The molecule has 0 fully saturated rings. The molecule has 0 amide bonds. The number of aryl methyl sites for hydroxylation is 2. The average molecular weight is 1430 g/mol. The summed E-state index contributed by atoms with van der Waals surface area (Å²) in [6.45, 7) is 6.83. The summed E-state index contributed by atoms with van der Waals surface area (Å²) in [5, 5.41) is 11.7. The number of thiophene rings is 1. The number of carbonyl (C=O) groups is 1. The van der Waals surface area contributed by atoms with Crippen molar-refractivity contribution in [2.24, 2.45) is 0 Å². The topological polar surface area (TPSA) is 76.0 Å². The second-order valence-electron chi connectivity index (χ2n) is 14.5. The van der Waals surface area contributed by atoms with Crippen LogP contribution < -0.4 is 0 Å². The largest absolute Gasteiger partial charge is 0.512 e. The molecular weight excluding hydrogens is 1380 g/mol. The van der Waals surface area contributed by atoms with Gasteiger partial charge in [0.1, 0.15) is 0 Å². The van der Waals surface area contributed by atoms with E-state index >= 15 is 0 Å². The van der Waals surface area contributed by atoms with Gasteiger partial charge in [-0.2, -0.15) is 0 Å². The zero-order valence-corrected chi connectivity index (χ0v) is 44.8. The summed E-state index contributed by atoms with van der Waals surface area (Å²) in [7, 11) is 0. The molecule has 67 heavy (non-hydrogen) atoms. The molecule has 0 saturated heterocycles. The van der Waals surface area contributed by atoms with Gasteiger partial charge in [0.2, 0.25) is 0 Å². The van der Waals surface area contributed by atoms with Crippen molar-refractivity contribution in [3.63, 3.8) is 0 Å². The number of nitrogens with zero attached hydrogens (tertiary/aromatic N) is 3. The Hall–Kier alpha value is -5.85. The molecule has 0 aliphatic rings. The first-order chi connectivity index (χ1) is 33.3. The minimum Gasteiger partial charge on any atom is -0.512 e. The zero-order valence-electron chi connectivity index (χ0n) is 41.8. The van der Waals surface area contributed by atoms with E-state index in [9.17, 15) is 4.79 Å². The van der Waals surface area contributed by atoms with Gasteiger partial charge in [0.05, 0.1) is 12.6 Å². The monoisotopic (exact) mass is 1430 g/mol. The Morgan fingerprint density at radius 1 is 0.657 bits per heavy atom. The number of hydrogen-bond acceptors (Lipinski definition) is 6. The number of benzene rings is 6. The predicted molar refractivity (Wildman–Crippen MR) is 266 cm³/mol. The van der Waals surface area contributed by atoms with Crippen LogP contribution in [0.4, 0.5) is 0 Å². The van der Waals surface area contributed by atoms with Gasteiger partial charge in [0.15, 0.2) is 5.78 Å². The second-order valence-corrected chi connectivity index (χ2v) is 15.6. The number of pyridine rings is 3. The Kier molecular flexibility index (Phi) is 18.7. The molecule has 10 rings (SSSR count). The number of allylic oxidation sites excluding steroid dienone is 2. The molecule has 1 N–H and O–H groups in total. The Bertz CT molecular complexity index is 3370. The van der Waals surface area contributed by atoms with Crippen LogP contribution in [0.15, 0.2) is 206 Å². The third kappa shape index (κ3) is 15.1.